The molecular formula is C22H24Cl3N3O3. The van der Waals surface area contributed by atoms with Crippen LogP contribution < -0.4 is 5.32 Å². The molecule has 166 valence electrons. The third-order valence-corrected chi connectivity index (χ3v) is 6.18. The first-order chi connectivity index (χ1) is 14.7. The van der Waals surface area contributed by atoms with Crippen LogP contribution in [0.25, 0.3) is 6.08 Å². The van der Waals surface area contributed by atoms with Crippen LogP contribution in [0.1, 0.15) is 49.4 Å². The maximum atomic E-state index is 12.2. The molecule has 0 radical (unpaired) electrons. The molecular weight excluding hydrogens is 461 g/mol. The third kappa shape index (κ3) is 6.25. The number of nitrogens with zero attached hydrogens (tertiary/aromatic N) is 2. The monoisotopic (exact) mass is 483 g/mol. The molecule has 0 bridgehead atoms. The zero-order chi connectivity index (χ0) is 22.5. The first-order valence-corrected chi connectivity index (χ1v) is 11.2. The number of ether oxygens (including phenoxy) is 1. The van der Waals surface area contributed by atoms with Gasteiger partial charge in [0, 0.05) is 27.7 Å². The first kappa shape index (κ1) is 23.6. The Morgan fingerprint density at radius 2 is 2.00 bits per heavy atom. The van der Waals surface area contributed by atoms with E-state index in [0.717, 1.165) is 31.2 Å². The number of aryl methyl sites for hydroxylation is 1. The van der Waals surface area contributed by atoms with E-state index in [1.807, 2.05) is 6.07 Å². The van der Waals surface area contributed by atoms with Crippen molar-refractivity contribution in [3.8, 4) is 0 Å². The Balaban J connectivity index is 1.62. The molecule has 1 aromatic heterocycles. The second-order valence-electron chi connectivity index (χ2n) is 7.59. The predicted octanol–water partition coefficient (Wildman–Crippen LogP) is 5.20. The summed E-state index contributed by atoms with van der Waals surface area (Å²) in [5, 5.41) is 8.76. The maximum Gasteiger partial charge on any atom is 0.331 e. The molecule has 1 atom stereocenters. The summed E-state index contributed by atoms with van der Waals surface area (Å²) < 4.78 is 6.81. The van der Waals surface area contributed by atoms with Crippen molar-refractivity contribution in [3.05, 3.63) is 56.3 Å². The molecule has 1 amide bonds. The number of carbonyl (C=O) groups is 2. The van der Waals surface area contributed by atoms with Gasteiger partial charge in [0.2, 0.25) is 0 Å². The second kappa shape index (κ2) is 10.5. The van der Waals surface area contributed by atoms with Crippen molar-refractivity contribution >= 4 is 52.8 Å². The van der Waals surface area contributed by atoms with Crippen LogP contribution in [0.5, 0.6) is 0 Å². The lowest BCUT2D eigenvalue weighted by Crippen LogP contribution is -2.40. The molecule has 6 nitrogen and oxygen atoms in total. The standard InChI is InChI=1S/C22H24Cl3N3O3/c1-13-18(21(25)28(27-13)12-15-7-8-16(23)11-19(15)24)9-10-20(29)31-14(2)22(30)26-17-5-3-4-6-17/h7-11,14,17H,3-6,12H2,1-2H3,(H,26,30). The largest absolute Gasteiger partial charge is 0.449 e. The summed E-state index contributed by atoms with van der Waals surface area (Å²) in [5.41, 5.74) is 2.05. The fourth-order valence-electron chi connectivity index (χ4n) is 3.48. The van der Waals surface area contributed by atoms with E-state index in [4.69, 9.17) is 39.5 Å². The summed E-state index contributed by atoms with van der Waals surface area (Å²) >= 11 is 18.6. The van der Waals surface area contributed by atoms with Crippen molar-refractivity contribution in [3.63, 3.8) is 0 Å². The van der Waals surface area contributed by atoms with Gasteiger partial charge in [-0.3, -0.25) is 4.79 Å². The Hall–Kier alpha value is -2.02. The normalized spacial score (nSPS) is 15.4. The maximum absolute atomic E-state index is 12.2. The fourth-order valence-corrected chi connectivity index (χ4v) is 4.25. The van der Waals surface area contributed by atoms with Crippen molar-refractivity contribution in [2.75, 3.05) is 0 Å². The van der Waals surface area contributed by atoms with Crippen LogP contribution in [0, 0.1) is 6.92 Å². The highest BCUT2D eigenvalue weighted by Gasteiger charge is 2.22. The van der Waals surface area contributed by atoms with E-state index in [9.17, 15) is 9.59 Å². The average molecular weight is 485 g/mol. The number of hydrogen-bond acceptors (Lipinski definition) is 4. The Labute approximate surface area is 196 Å². The highest BCUT2D eigenvalue weighted by Crippen LogP contribution is 2.26. The molecule has 0 spiro atoms. The van der Waals surface area contributed by atoms with E-state index >= 15 is 0 Å². The van der Waals surface area contributed by atoms with E-state index in [-0.39, 0.29) is 11.9 Å². The van der Waals surface area contributed by atoms with Gasteiger partial charge in [-0.05, 0) is 50.5 Å². The summed E-state index contributed by atoms with van der Waals surface area (Å²) in [5.74, 6) is -0.909. The number of amides is 1. The van der Waals surface area contributed by atoms with Crippen molar-refractivity contribution in [1.82, 2.24) is 15.1 Å². The van der Waals surface area contributed by atoms with E-state index in [2.05, 4.69) is 10.4 Å². The molecule has 1 saturated carbocycles. The summed E-state index contributed by atoms with van der Waals surface area (Å²) in [6, 6.07) is 5.38. The van der Waals surface area contributed by atoms with Crippen LogP contribution >= 0.6 is 34.8 Å². The number of hydrogen-bond donors (Lipinski definition) is 1. The zero-order valence-corrected chi connectivity index (χ0v) is 19.6. The number of rotatable bonds is 7. The van der Waals surface area contributed by atoms with Crippen LogP contribution in [-0.2, 0) is 20.9 Å². The molecule has 1 fully saturated rings. The number of carbonyl (C=O) groups excluding carboxylic acids is 2. The SMILES string of the molecule is Cc1nn(Cc2ccc(Cl)cc2Cl)c(Cl)c1C=CC(=O)OC(C)C(=O)NC1CCCC1. The van der Waals surface area contributed by atoms with Crippen molar-refractivity contribution in [2.45, 2.75) is 58.2 Å². The highest BCUT2D eigenvalue weighted by atomic mass is 35.5. The Kier molecular flexibility index (Phi) is 8.03. The molecule has 1 aliphatic rings. The van der Waals surface area contributed by atoms with Crippen LogP contribution in [0.3, 0.4) is 0 Å². The van der Waals surface area contributed by atoms with Crippen LogP contribution in [0.15, 0.2) is 24.3 Å². The van der Waals surface area contributed by atoms with Gasteiger partial charge in [-0.1, -0.05) is 53.7 Å². The lowest BCUT2D eigenvalue weighted by molar-refractivity contribution is -0.150. The minimum Gasteiger partial charge on any atom is -0.449 e. The van der Waals surface area contributed by atoms with Crippen LogP contribution in [0.4, 0.5) is 0 Å². The molecule has 0 aliphatic heterocycles. The smallest absolute Gasteiger partial charge is 0.331 e. The molecule has 2 aromatic rings. The average Bonchev–Trinajstić information content (AvgIpc) is 3.30. The number of esters is 1. The van der Waals surface area contributed by atoms with Gasteiger partial charge < -0.3 is 10.1 Å². The number of halogens is 3. The van der Waals surface area contributed by atoms with Crippen molar-refractivity contribution in [1.29, 1.82) is 0 Å². The number of nitrogens with one attached hydrogen (secondary N) is 1. The molecule has 0 saturated heterocycles. The topological polar surface area (TPSA) is 73.2 Å². The molecule has 1 heterocycles. The van der Waals surface area contributed by atoms with E-state index < -0.39 is 12.1 Å². The number of benzene rings is 1. The first-order valence-electron chi connectivity index (χ1n) is 10.1. The van der Waals surface area contributed by atoms with E-state index in [0.29, 0.717) is 33.0 Å². The Bertz CT molecular complexity index is 997. The predicted molar refractivity (Wildman–Crippen MR) is 123 cm³/mol. The quantitative estimate of drug-likeness (QED) is 0.433. The second-order valence-corrected chi connectivity index (χ2v) is 8.79. The molecule has 1 unspecified atom stereocenters. The fraction of sp³-hybridized carbons (Fsp3) is 0.409. The summed E-state index contributed by atoms with van der Waals surface area (Å²) in [7, 11) is 0. The lowest BCUT2D eigenvalue weighted by atomic mass is 10.2. The highest BCUT2D eigenvalue weighted by molar-refractivity contribution is 6.35. The van der Waals surface area contributed by atoms with Gasteiger partial charge in [0.05, 0.1) is 12.2 Å². The molecule has 31 heavy (non-hydrogen) atoms. The molecule has 1 N–H and O–H groups in total. The van der Waals surface area contributed by atoms with Gasteiger partial charge in [0.15, 0.2) is 6.10 Å². The van der Waals surface area contributed by atoms with Crippen LogP contribution in [0.2, 0.25) is 15.2 Å². The molecule has 1 aromatic carbocycles. The van der Waals surface area contributed by atoms with E-state index in [1.54, 1.807) is 30.7 Å². The van der Waals surface area contributed by atoms with Crippen LogP contribution in [-0.4, -0.2) is 33.8 Å². The molecule has 9 heteroatoms. The molecule has 1 aliphatic carbocycles. The zero-order valence-electron chi connectivity index (χ0n) is 17.3. The number of aromatic nitrogens is 2. The Morgan fingerprint density at radius 3 is 2.68 bits per heavy atom. The van der Waals surface area contributed by atoms with E-state index in [1.165, 1.54) is 12.2 Å². The summed E-state index contributed by atoms with van der Waals surface area (Å²) in [4.78, 5) is 24.4. The summed E-state index contributed by atoms with van der Waals surface area (Å²) in [6.07, 6.45) is 6.07. The van der Waals surface area contributed by atoms with Crippen molar-refractivity contribution in [2.24, 2.45) is 0 Å². The Morgan fingerprint density at radius 1 is 1.29 bits per heavy atom. The van der Waals surface area contributed by atoms with Gasteiger partial charge in [0.1, 0.15) is 5.15 Å². The van der Waals surface area contributed by atoms with Gasteiger partial charge in [-0.2, -0.15) is 5.10 Å². The minimum atomic E-state index is -0.871. The lowest BCUT2D eigenvalue weighted by Gasteiger charge is -2.16. The minimum absolute atomic E-state index is 0.172. The van der Waals surface area contributed by atoms with Gasteiger partial charge >= 0.3 is 5.97 Å². The summed E-state index contributed by atoms with van der Waals surface area (Å²) in [6.45, 7) is 3.70. The van der Waals surface area contributed by atoms with Gasteiger partial charge in [-0.15, -0.1) is 0 Å². The van der Waals surface area contributed by atoms with Gasteiger partial charge in [-0.25, -0.2) is 9.48 Å². The molecule has 3 rings (SSSR count). The van der Waals surface area contributed by atoms with Crippen molar-refractivity contribution < 1.29 is 14.3 Å². The van der Waals surface area contributed by atoms with Gasteiger partial charge in [0.25, 0.3) is 5.91 Å². The third-order valence-electron chi connectivity index (χ3n) is 5.19.